The molecule has 0 amide bonds. The Morgan fingerprint density at radius 3 is 2.50 bits per heavy atom. The van der Waals surface area contributed by atoms with E-state index in [9.17, 15) is 4.79 Å². The molecule has 0 saturated carbocycles. The van der Waals surface area contributed by atoms with Crippen molar-refractivity contribution in [3.8, 4) is 5.75 Å². The highest BCUT2D eigenvalue weighted by Gasteiger charge is 2.05. The zero-order valence-corrected chi connectivity index (χ0v) is 10.8. The first kappa shape index (κ1) is 14.0. The van der Waals surface area contributed by atoms with Crippen molar-refractivity contribution >= 4 is 12.0 Å². The molecule has 96 valence electrons. The molecular weight excluding hydrogens is 228 g/mol. The molecule has 0 unspecified atom stereocenters. The first-order valence-electron chi connectivity index (χ1n) is 5.80. The van der Waals surface area contributed by atoms with Crippen molar-refractivity contribution in [3.05, 3.63) is 47.6 Å². The van der Waals surface area contributed by atoms with Crippen LogP contribution in [-0.2, 0) is 4.79 Å². The number of benzene rings is 1. The Balaban J connectivity index is 2.90. The van der Waals surface area contributed by atoms with Gasteiger partial charge in [0.15, 0.2) is 0 Å². The summed E-state index contributed by atoms with van der Waals surface area (Å²) >= 11 is 0. The van der Waals surface area contributed by atoms with Gasteiger partial charge in [0, 0.05) is 6.08 Å². The number of ether oxygens (including phenoxy) is 1. The van der Waals surface area contributed by atoms with E-state index in [1.54, 1.807) is 6.08 Å². The SMILES string of the molecule is C=CCCOc1c(C)cc(C=CC(=O)O)cc1C. The van der Waals surface area contributed by atoms with Crippen LogP contribution in [0.4, 0.5) is 0 Å². The van der Waals surface area contributed by atoms with Gasteiger partial charge in [-0.05, 0) is 55.2 Å². The van der Waals surface area contributed by atoms with E-state index in [-0.39, 0.29) is 0 Å². The lowest BCUT2D eigenvalue weighted by Crippen LogP contribution is -2.00. The fourth-order valence-corrected chi connectivity index (χ4v) is 1.72. The Labute approximate surface area is 107 Å². The molecule has 0 heterocycles. The molecule has 0 aromatic heterocycles. The van der Waals surface area contributed by atoms with Crippen molar-refractivity contribution in [1.29, 1.82) is 0 Å². The van der Waals surface area contributed by atoms with Gasteiger partial charge in [-0.25, -0.2) is 4.79 Å². The number of aliphatic carboxylic acids is 1. The minimum atomic E-state index is -0.948. The molecule has 0 radical (unpaired) electrons. The van der Waals surface area contributed by atoms with Crippen molar-refractivity contribution < 1.29 is 14.6 Å². The van der Waals surface area contributed by atoms with Gasteiger partial charge in [0.1, 0.15) is 5.75 Å². The van der Waals surface area contributed by atoms with Gasteiger partial charge in [0.25, 0.3) is 0 Å². The molecule has 1 aromatic carbocycles. The van der Waals surface area contributed by atoms with Gasteiger partial charge >= 0.3 is 5.97 Å². The first-order valence-corrected chi connectivity index (χ1v) is 5.80. The predicted octanol–water partition coefficient (Wildman–Crippen LogP) is 3.36. The largest absolute Gasteiger partial charge is 0.493 e. The summed E-state index contributed by atoms with van der Waals surface area (Å²) in [5, 5.41) is 8.59. The average Bonchev–Trinajstić information content (AvgIpc) is 2.30. The number of aryl methyl sites for hydroxylation is 2. The Bertz CT molecular complexity index is 450. The molecule has 0 spiro atoms. The van der Waals surface area contributed by atoms with E-state index in [1.165, 1.54) is 0 Å². The molecule has 0 aliphatic carbocycles. The molecule has 0 fully saturated rings. The monoisotopic (exact) mass is 246 g/mol. The maximum absolute atomic E-state index is 10.5. The summed E-state index contributed by atoms with van der Waals surface area (Å²) in [4.78, 5) is 10.5. The summed E-state index contributed by atoms with van der Waals surface area (Å²) in [7, 11) is 0. The molecule has 3 nitrogen and oxygen atoms in total. The lowest BCUT2D eigenvalue weighted by Gasteiger charge is -2.12. The second-order valence-electron chi connectivity index (χ2n) is 4.08. The van der Waals surface area contributed by atoms with Crippen LogP contribution in [0.15, 0.2) is 30.9 Å². The summed E-state index contributed by atoms with van der Waals surface area (Å²) in [6, 6.07) is 3.82. The van der Waals surface area contributed by atoms with Crippen molar-refractivity contribution in [1.82, 2.24) is 0 Å². The van der Waals surface area contributed by atoms with Crippen LogP contribution in [0.3, 0.4) is 0 Å². The average molecular weight is 246 g/mol. The molecule has 1 rings (SSSR count). The van der Waals surface area contributed by atoms with E-state index in [2.05, 4.69) is 6.58 Å². The fourth-order valence-electron chi connectivity index (χ4n) is 1.72. The second-order valence-corrected chi connectivity index (χ2v) is 4.08. The third kappa shape index (κ3) is 4.09. The van der Waals surface area contributed by atoms with Crippen molar-refractivity contribution in [2.45, 2.75) is 20.3 Å². The first-order chi connectivity index (χ1) is 8.54. The molecule has 1 N–H and O–H groups in total. The number of hydrogen-bond donors (Lipinski definition) is 1. The van der Waals surface area contributed by atoms with E-state index in [0.717, 1.165) is 34.9 Å². The normalized spacial score (nSPS) is 10.6. The molecule has 0 bridgehead atoms. The standard InChI is InChI=1S/C15H18O3/c1-4-5-8-18-15-11(2)9-13(10-12(15)3)6-7-14(16)17/h4,6-7,9-10H,1,5,8H2,2-3H3,(H,16,17). The maximum atomic E-state index is 10.5. The van der Waals surface area contributed by atoms with Crippen molar-refractivity contribution in [2.24, 2.45) is 0 Å². The minimum Gasteiger partial charge on any atom is -0.493 e. The lowest BCUT2D eigenvalue weighted by atomic mass is 10.1. The van der Waals surface area contributed by atoms with Crippen LogP contribution in [0, 0.1) is 13.8 Å². The fraction of sp³-hybridized carbons (Fsp3) is 0.267. The summed E-state index contributed by atoms with van der Waals surface area (Å²) in [5.41, 5.74) is 2.87. The zero-order chi connectivity index (χ0) is 13.5. The van der Waals surface area contributed by atoms with Gasteiger partial charge in [0.2, 0.25) is 0 Å². The lowest BCUT2D eigenvalue weighted by molar-refractivity contribution is -0.131. The quantitative estimate of drug-likeness (QED) is 0.475. The molecule has 0 atom stereocenters. The molecular formula is C15H18O3. The highest BCUT2D eigenvalue weighted by Crippen LogP contribution is 2.25. The third-order valence-corrected chi connectivity index (χ3v) is 2.47. The van der Waals surface area contributed by atoms with E-state index >= 15 is 0 Å². The van der Waals surface area contributed by atoms with E-state index in [1.807, 2.05) is 32.1 Å². The minimum absolute atomic E-state index is 0.607. The second kappa shape index (κ2) is 6.64. The van der Waals surface area contributed by atoms with Crippen LogP contribution in [0.25, 0.3) is 6.08 Å². The Kier molecular flexibility index (Phi) is 5.18. The summed E-state index contributed by atoms with van der Waals surface area (Å²) in [6.45, 7) is 8.16. The zero-order valence-electron chi connectivity index (χ0n) is 10.8. The van der Waals surface area contributed by atoms with E-state index < -0.39 is 5.97 Å². The van der Waals surface area contributed by atoms with E-state index in [0.29, 0.717) is 6.61 Å². The Morgan fingerprint density at radius 2 is 2.00 bits per heavy atom. The number of rotatable bonds is 6. The highest BCUT2D eigenvalue weighted by atomic mass is 16.5. The van der Waals surface area contributed by atoms with Crippen molar-refractivity contribution in [3.63, 3.8) is 0 Å². The predicted molar refractivity (Wildman–Crippen MR) is 72.9 cm³/mol. The van der Waals surface area contributed by atoms with Crippen LogP contribution in [0.1, 0.15) is 23.1 Å². The molecule has 0 aliphatic heterocycles. The molecule has 1 aromatic rings. The highest BCUT2D eigenvalue weighted by molar-refractivity contribution is 5.85. The summed E-state index contributed by atoms with van der Waals surface area (Å²) in [5.74, 6) is -0.0825. The van der Waals surface area contributed by atoms with Gasteiger partial charge in [-0.3, -0.25) is 0 Å². The van der Waals surface area contributed by atoms with Gasteiger partial charge < -0.3 is 9.84 Å². The molecule has 0 aliphatic rings. The maximum Gasteiger partial charge on any atom is 0.328 e. The van der Waals surface area contributed by atoms with Gasteiger partial charge in [-0.15, -0.1) is 6.58 Å². The number of carboxylic acids is 1. The third-order valence-electron chi connectivity index (χ3n) is 2.47. The van der Waals surface area contributed by atoms with Crippen LogP contribution in [0.2, 0.25) is 0 Å². The van der Waals surface area contributed by atoms with Crippen molar-refractivity contribution in [2.75, 3.05) is 6.61 Å². The van der Waals surface area contributed by atoms with Crippen LogP contribution in [0.5, 0.6) is 5.75 Å². The number of hydrogen-bond acceptors (Lipinski definition) is 2. The summed E-state index contributed by atoms with van der Waals surface area (Å²) < 4.78 is 5.68. The molecule has 3 heteroatoms. The van der Waals surface area contributed by atoms with Crippen LogP contribution in [-0.4, -0.2) is 17.7 Å². The molecule has 18 heavy (non-hydrogen) atoms. The van der Waals surface area contributed by atoms with Gasteiger partial charge in [-0.1, -0.05) is 6.08 Å². The summed E-state index contributed by atoms with van der Waals surface area (Å²) in [6.07, 6.45) is 5.33. The number of carboxylic acid groups (broad SMARTS) is 1. The Hall–Kier alpha value is -2.03. The van der Waals surface area contributed by atoms with Gasteiger partial charge in [-0.2, -0.15) is 0 Å². The smallest absolute Gasteiger partial charge is 0.328 e. The van der Waals surface area contributed by atoms with Crippen LogP contribution < -0.4 is 4.74 Å². The van der Waals surface area contributed by atoms with Crippen LogP contribution >= 0.6 is 0 Å². The Morgan fingerprint density at radius 1 is 1.39 bits per heavy atom. The number of carbonyl (C=O) groups is 1. The van der Waals surface area contributed by atoms with Gasteiger partial charge in [0.05, 0.1) is 6.61 Å². The van der Waals surface area contributed by atoms with E-state index in [4.69, 9.17) is 9.84 Å². The topological polar surface area (TPSA) is 46.5 Å². The molecule has 0 saturated heterocycles.